The Morgan fingerprint density at radius 1 is 0.938 bits per heavy atom. The van der Waals surface area contributed by atoms with Crippen LogP contribution >= 0.6 is 0 Å². The van der Waals surface area contributed by atoms with Gasteiger partial charge in [-0.05, 0) is 55.2 Å². The molecule has 0 saturated carbocycles. The third-order valence-corrected chi connectivity index (χ3v) is 13.7. The van der Waals surface area contributed by atoms with Gasteiger partial charge in [0.1, 0.15) is 11.7 Å². The maximum atomic E-state index is 15.6. The minimum absolute atomic E-state index is 0.0488. The number of imide groups is 1. The Bertz CT molecular complexity index is 2720. The molecular formula is C44H48F2N10O7S. The number of hydrogen-bond acceptors (Lipinski definition) is 12. The first-order valence-corrected chi connectivity index (χ1v) is 22.5. The number of rotatable bonds is 13. The van der Waals surface area contributed by atoms with E-state index in [9.17, 15) is 32.7 Å². The highest BCUT2D eigenvalue weighted by atomic mass is 32.2. The number of aliphatic hydroxyl groups is 1. The number of anilines is 4. The number of amides is 3. The van der Waals surface area contributed by atoms with E-state index in [0.717, 1.165) is 21.1 Å². The van der Waals surface area contributed by atoms with Crippen molar-refractivity contribution >= 4 is 67.6 Å². The van der Waals surface area contributed by atoms with Crippen molar-refractivity contribution in [3.63, 3.8) is 0 Å². The second-order valence-corrected chi connectivity index (χ2v) is 18.1. The number of piperazine rings is 1. The SMILES string of the molecule is CCN(C)S(=O)(=O)Nc1cccc(C(=O)c2c[nH]c3ncc(-c4ccc(N5CCN(C(=O)CC6(O)CCN(c7ncc(NC8CCC(=O)NC8=O)cc7F)CC6)CC5)cc4)cc23)c1F. The molecule has 5 aromatic rings. The molecule has 3 fully saturated rings. The number of ketones is 1. The number of carbonyl (C=O) groups excluding carboxylic acids is 4. The molecule has 0 radical (unpaired) electrons. The van der Waals surface area contributed by atoms with E-state index in [1.165, 1.54) is 43.7 Å². The van der Waals surface area contributed by atoms with Crippen molar-refractivity contribution in [2.24, 2.45) is 0 Å². The smallest absolute Gasteiger partial charge is 0.301 e. The van der Waals surface area contributed by atoms with Crippen molar-refractivity contribution in [3.05, 3.63) is 95.9 Å². The molecule has 3 aliphatic rings. The highest BCUT2D eigenvalue weighted by molar-refractivity contribution is 7.90. The Morgan fingerprint density at radius 3 is 2.36 bits per heavy atom. The van der Waals surface area contributed by atoms with Gasteiger partial charge in [0.05, 0.1) is 35.2 Å². The van der Waals surface area contributed by atoms with E-state index in [4.69, 9.17) is 0 Å². The summed E-state index contributed by atoms with van der Waals surface area (Å²) in [5.74, 6) is -3.06. The molecule has 3 aliphatic heterocycles. The van der Waals surface area contributed by atoms with Crippen LogP contribution in [-0.4, -0.2) is 126 Å². The second-order valence-electron chi connectivity index (χ2n) is 16.3. The maximum Gasteiger partial charge on any atom is 0.301 e. The summed E-state index contributed by atoms with van der Waals surface area (Å²) in [7, 11) is -2.67. The van der Waals surface area contributed by atoms with Crippen molar-refractivity contribution in [1.82, 2.24) is 29.5 Å². The topological polar surface area (TPSA) is 213 Å². The average molecular weight is 899 g/mol. The van der Waals surface area contributed by atoms with Gasteiger partial charge in [0.2, 0.25) is 17.7 Å². The van der Waals surface area contributed by atoms with Gasteiger partial charge in [0, 0.05) is 99.9 Å². The van der Waals surface area contributed by atoms with Crippen molar-refractivity contribution in [1.29, 1.82) is 0 Å². The highest BCUT2D eigenvalue weighted by Gasteiger charge is 2.37. The summed E-state index contributed by atoms with van der Waals surface area (Å²) in [6.07, 6.45) is 5.50. The Balaban J connectivity index is 0.842. The summed E-state index contributed by atoms with van der Waals surface area (Å²) < 4.78 is 59.1. The van der Waals surface area contributed by atoms with E-state index >= 15 is 8.78 Å². The van der Waals surface area contributed by atoms with Gasteiger partial charge in [-0.25, -0.2) is 18.7 Å². The quantitative estimate of drug-likeness (QED) is 0.0838. The predicted octanol–water partition coefficient (Wildman–Crippen LogP) is 4.03. The lowest BCUT2D eigenvalue weighted by molar-refractivity contribution is -0.138. The van der Waals surface area contributed by atoms with Crippen molar-refractivity contribution < 1.29 is 41.5 Å². The Hall–Kier alpha value is -6.51. The van der Waals surface area contributed by atoms with E-state index in [-0.39, 0.29) is 66.7 Å². The van der Waals surface area contributed by atoms with Crippen molar-refractivity contribution in [3.8, 4) is 11.1 Å². The van der Waals surface area contributed by atoms with E-state index in [2.05, 4.69) is 35.2 Å². The van der Waals surface area contributed by atoms with E-state index < -0.39 is 45.2 Å². The lowest BCUT2D eigenvalue weighted by atomic mass is 9.87. The van der Waals surface area contributed by atoms with Gasteiger partial charge in [0.15, 0.2) is 23.2 Å². The lowest BCUT2D eigenvalue weighted by Crippen LogP contribution is -2.52. The molecule has 20 heteroatoms. The lowest BCUT2D eigenvalue weighted by Gasteiger charge is -2.41. The Morgan fingerprint density at radius 2 is 1.67 bits per heavy atom. The number of H-pyrrole nitrogens is 1. The summed E-state index contributed by atoms with van der Waals surface area (Å²) in [5.41, 5.74) is 1.52. The molecule has 5 N–H and O–H groups in total. The van der Waals surface area contributed by atoms with Crippen LogP contribution in [0.2, 0.25) is 0 Å². The number of halogens is 2. The van der Waals surface area contributed by atoms with Crippen LogP contribution < -0.4 is 25.2 Å². The Labute approximate surface area is 368 Å². The number of piperidine rings is 2. The van der Waals surface area contributed by atoms with E-state index in [0.29, 0.717) is 62.4 Å². The zero-order chi connectivity index (χ0) is 45.3. The van der Waals surface area contributed by atoms with Gasteiger partial charge >= 0.3 is 10.2 Å². The molecule has 3 amide bonds. The fourth-order valence-corrected chi connectivity index (χ4v) is 9.16. The van der Waals surface area contributed by atoms with Crippen molar-refractivity contribution in [2.45, 2.75) is 50.7 Å². The number of hydrogen-bond donors (Lipinski definition) is 5. The van der Waals surface area contributed by atoms with Crippen molar-refractivity contribution in [2.75, 3.05) is 72.7 Å². The molecular weight excluding hydrogens is 851 g/mol. The number of carbonyl (C=O) groups is 4. The summed E-state index contributed by atoms with van der Waals surface area (Å²) in [5, 5.41) is 17.1. The van der Waals surface area contributed by atoms with Gasteiger partial charge in [0.25, 0.3) is 0 Å². The molecule has 6 heterocycles. The number of nitrogens with zero attached hydrogens (tertiary/aromatic N) is 6. The van der Waals surface area contributed by atoms with Gasteiger partial charge in [-0.2, -0.15) is 12.7 Å². The molecule has 0 bridgehead atoms. The van der Waals surface area contributed by atoms with E-state index in [1.54, 1.807) is 29.0 Å². The third kappa shape index (κ3) is 9.25. The van der Waals surface area contributed by atoms with Crippen LogP contribution in [0.3, 0.4) is 0 Å². The molecule has 17 nitrogen and oxygen atoms in total. The largest absolute Gasteiger partial charge is 0.389 e. The number of fused-ring (bicyclic) bond motifs is 1. The average Bonchev–Trinajstić information content (AvgIpc) is 3.71. The fraction of sp³-hybridized carbons (Fsp3) is 0.364. The van der Waals surface area contributed by atoms with E-state index in [1.807, 2.05) is 24.3 Å². The molecule has 0 spiro atoms. The molecule has 3 aromatic heterocycles. The molecule has 3 saturated heterocycles. The number of benzene rings is 2. The highest BCUT2D eigenvalue weighted by Crippen LogP contribution is 2.33. The third-order valence-electron chi connectivity index (χ3n) is 12.2. The molecule has 1 unspecified atom stereocenters. The Kier molecular flexibility index (Phi) is 12.4. The zero-order valence-electron chi connectivity index (χ0n) is 35.2. The van der Waals surface area contributed by atoms with Crippen LogP contribution in [0.15, 0.2) is 73.2 Å². The zero-order valence-corrected chi connectivity index (χ0v) is 36.1. The minimum atomic E-state index is -4.03. The van der Waals surface area contributed by atoms with Crippen LogP contribution in [0.1, 0.15) is 54.9 Å². The molecule has 1 atom stereocenters. The fourth-order valence-electron chi connectivity index (χ4n) is 8.23. The van der Waals surface area contributed by atoms with Crippen LogP contribution in [0.25, 0.3) is 22.2 Å². The van der Waals surface area contributed by atoms with Gasteiger partial charge in [-0.1, -0.05) is 25.1 Å². The summed E-state index contributed by atoms with van der Waals surface area (Å²) in [4.78, 5) is 68.0. The van der Waals surface area contributed by atoms with Gasteiger partial charge < -0.3 is 30.1 Å². The normalized spacial score (nSPS) is 18.0. The predicted molar refractivity (Wildman–Crippen MR) is 236 cm³/mol. The summed E-state index contributed by atoms with van der Waals surface area (Å²) >= 11 is 0. The summed E-state index contributed by atoms with van der Waals surface area (Å²) in [6, 6.07) is 14.1. The molecule has 0 aliphatic carbocycles. The van der Waals surface area contributed by atoms with Crippen LogP contribution in [0.4, 0.5) is 31.7 Å². The molecule has 336 valence electrons. The second kappa shape index (κ2) is 17.9. The van der Waals surface area contributed by atoms with Gasteiger partial charge in [-0.15, -0.1) is 0 Å². The maximum absolute atomic E-state index is 15.6. The minimum Gasteiger partial charge on any atom is -0.389 e. The first kappa shape index (κ1) is 44.1. The van der Waals surface area contributed by atoms with Crippen LogP contribution in [0.5, 0.6) is 0 Å². The number of aromatic nitrogens is 3. The number of nitrogens with one attached hydrogen (secondary N) is 4. The number of pyridine rings is 2. The molecule has 64 heavy (non-hydrogen) atoms. The van der Waals surface area contributed by atoms with Gasteiger partial charge in [-0.3, -0.25) is 29.2 Å². The monoisotopic (exact) mass is 898 g/mol. The first-order valence-electron chi connectivity index (χ1n) is 21.0. The standard InChI is InChI=1S/C44H48F2N10O7S/c1-3-53(2)64(62,63)52-35-6-4-5-31(39(35)46)40(59)33-26-48-41-32(33)21-28(24-47-41)27-7-9-30(10-8-27)54-17-19-55(20-18-54)38(58)23-44(61)13-15-56(16-14-44)42-34(45)22-29(25-49-42)50-36-11-12-37(57)51-43(36)60/h4-10,21-22,24-26,36,50,52,61H,3,11-20,23H2,1-2H3,(H,47,48)(H,51,57,60). The molecule has 8 rings (SSSR count). The molecule has 2 aromatic carbocycles. The number of aromatic amines is 1. The van der Waals surface area contributed by atoms with Crippen LogP contribution in [-0.2, 0) is 24.6 Å². The first-order chi connectivity index (χ1) is 30.6. The van der Waals surface area contributed by atoms with Crippen LogP contribution in [0, 0.1) is 11.6 Å². The summed E-state index contributed by atoms with van der Waals surface area (Å²) in [6.45, 7) is 4.49.